The normalized spacial score (nSPS) is 13.5. The predicted octanol–water partition coefficient (Wildman–Crippen LogP) is 5.57. The minimum atomic E-state index is -0.396. The number of anilines is 3. The number of benzene rings is 3. The number of hydrogen-bond donors (Lipinski definition) is 3. The second-order valence-corrected chi connectivity index (χ2v) is 10.5. The average molecular weight is 577 g/mol. The molecule has 8 nitrogen and oxygen atoms in total. The Labute approximate surface area is 250 Å². The van der Waals surface area contributed by atoms with Crippen LogP contribution >= 0.6 is 0 Å². The van der Waals surface area contributed by atoms with Crippen molar-refractivity contribution in [3.05, 3.63) is 119 Å². The maximum absolute atomic E-state index is 14.9. The molecule has 1 aliphatic rings. The van der Waals surface area contributed by atoms with E-state index in [2.05, 4.69) is 49.6 Å². The van der Waals surface area contributed by atoms with Crippen LogP contribution in [0.4, 0.5) is 26.4 Å². The van der Waals surface area contributed by atoms with Gasteiger partial charge in [0.1, 0.15) is 11.6 Å². The van der Waals surface area contributed by atoms with Crippen LogP contribution in [0.5, 0.6) is 0 Å². The molecule has 1 aromatic heterocycles. The second kappa shape index (κ2) is 13.7. The molecule has 3 amide bonds. The number of pyridine rings is 1. The molecule has 3 N–H and O–H groups in total. The van der Waals surface area contributed by atoms with Crippen LogP contribution in [-0.4, -0.2) is 59.9 Å². The zero-order valence-electron chi connectivity index (χ0n) is 24.2. The SMILES string of the molecule is Cc1ccc(C(=O)Nc2ccc(CN3CCN(C)CC3)c(F)c2)cc1C#Cc1ccc(NC(=O)Nc2ccccc2)nc1. The Morgan fingerprint density at radius 1 is 0.860 bits per heavy atom. The third-order valence-electron chi connectivity index (χ3n) is 7.18. The Hall–Kier alpha value is -5.04. The van der Waals surface area contributed by atoms with Gasteiger partial charge in [0.25, 0.3) is 5.91 Å². The number of piperazine rings is 1. The van der Waals surface area contributed by atoms with Crippen LogP contribution < -0.4 is 16.0 Å². The molecule has 0 aliphatic carbocycles. The standard InChI is InChI=1S/C34H33FN6O2/c1-24-8-11-27(33(42)37-30-14-13-28(31(35)21-30)23-41-18-16-40(2)17-19-41)20-26(24)12-9-25-10-15-32(36-22-25)39-34(43)38-29-6-4-3-5-7-29/h3-8,10-11,13-15,20-22H,16-19,23H2,1-2H3,(H,37,42)(H2,36,38,39,43). The molecule has 1 aliphatic heterocycles. The van der Waals surface area contributed by atoms with Gasteiger partial charge in [-0.3, -0.25) is 15.0 Å². The molecule has 0 radical (unpaired) electrons. The minimum Gasteiger partial charge on any atom is -0.322 e. The molecule has 0 spiro atoms. The lowest BCUT2D eigenvalue weighted by molar-refractivity contribution is 0.102. The number of aryl methyl sites for hydroxylation is 1. The summed E-state index contributed by atoms with van der Waals surface area (Å²) in [5.41, 5.74) is 4.35. The van der Waals surface area contributed by atoms with Gasteiger partial charge in [-0.25, -0.2) is 14.2 Å². The lowest BCUT2D eigenvalue weighted by Gasteiger charge is -2.32. The maximum Gasteiger partial charge on any atom is 0.324 e. The molecule has 1 fully saturated rings. The van der Waals surface area contributed by atoms with Crippen LogP contribution in [0.1, 0.15) is 32.6 Å². The molecule has 9 heteroatoms. The Morgan fingerprint density at radius 3 is 2.37 bits per heavy atom. The van der Waals surface area contributed by atoms with Crippen molar-refractivity contribution in [1.82, 2.24) is 14.8 Å². The molecule has 218 valence electrons. The summed E-state index contributed by atoms with van der Waals surface area (Å²) in [6.45, 7) is 6.20. The first-order valence-electron chi connectivity index (χ1n) is 14.0. The molecule has 2 heterocycles. The van der Waals surface area contributed by atoms with Gasteiger partial charge in [0.2, 0.25) is 0 Å². The summed E-state index contributed by atoms with van der Waals surface area (Å²) in [6.07, 6.45) is 1.57. The number of likely N-dealkylation sites (N-methyl/N-ethyl adjacent to an activating group) is 1. The van der Waals surface area contributed by atoms with E-state index >= 15 is 0 Å². The van der Waals surface area contributed by atoms with Crippen LogP contribution in [0.15, 0.2) is 85.1 Å². The Morgan fingerprint density at radius 2 is 1.65 bits per heavy atom. The van der Waals surface area contributed by atoms with Crippen molar-refractivity contribution in [2.45, 2.75) is 13.5 Å². The third kappa shape index (κ3) is 8.26. The summed E-state index contributed by atoms with van der Waals surface area (Å²) in [5, 5.41) is 8.22. The number of para-hydroxylation sites is 1. The smallest absolute Gasteiger partial charge is 0.322 e. The van der Waals surface area contributed by atoms with Crippen molar-refractivity contribution in [1.29, 1.82) is 0 Å². The van der Waals surface area contributed by atoms with Crippen LogP contribution in [0.2, 0.25) is 0 Å². The highest BCUT2D eigenvalue weighted by molar-refractivity contribution is 6.04. The summed E-state index contributed by atoms with van der Waals surface area (Å²) in [6, 6.07) is 22.3. The zero-order valence-corrected chi connectivity index (χ0v) is 24.2. The predicted molar refractivity (Wildman–Crippen MR) is 168 cm³/mol. The second-order valence-electron chi connectivity index (χ2n) is 10.5. The van der Waals surface area contributed by atoms with Gasteiger partial charge in [-0.2, -0.15) is 0 Å². The number of urea groups is 1. The van der Waals surface area contributed by atoms with E-state index in [9.17, 15) is 14.0 Å². The van der Waals surface area contributed by atoms with Crippen LogP contribution in [-0.2, 0) is 6.54 Å². The molecular weight excluding hydrogens is 543 g/mol. The van der Waals surface area contributed by atoms with Crippen molar-refractivity contribution in [3.63, 3.8) is 0 Å². The van der Waals surface area contributed by atoms with E-state index in [0.717, 1.165) is 31.7 Å². The summed E-state index contributed by atoms with van der Waals surface area (Å²) in [7, 11) is 2.09. The van der Waals surface area contributed by atoms with Crippen LogP contribution in [0.25, 0.3) is 0 Å². The van der Waals surface area contributed by atoms with Crippen molar-refractivity contribution in [2.24, 2.45) is 0 Å². The molecule has 0 atom stereocenters. The molecule has 5 rings (SSSR count). The van der Waals surface area contributed by atoms with Crippen molar-refractivity contribution in [3.8, 4) is 11.8 Å². The molecule has 0 saturated carbocycles. The van der Waals surface area contributed by atoms with Crippen LogP contribution in [0.3, 0.4) is 0 Å². The van der Waals surface area contributed by atoms with Crippen LogP contribution in [0, 0.1) is 24.6 Å². The number of hydrogen-bond acceptors (Lipinski definition) is 5. The van der Waals surface area contributed by atoms with Gasteiger partial charge in [-0.1, -0.05) is 42.2 Å². The summed E-state index contributed by atoms with van der Waals surface area (Å²) in [4.78, 5) is 33.9. The first-order chi connectivity index (χ1) is 20.8. The van der Waals surface area contributed by atoms with E-state index in [-0.39, 0.29) is 11.7 Å². The number of halogens is 1. The summed E-state index contributed by atoms with van der Waals surface area (Å²) >= 11 is 0. The van der Waals surface area contributed by atoms with Gasteiger partial charge in [0.15, 0.2) is 0 Å². The molecule has 0 unspecified atom stereocenters. The highest BCUT2D eigenvalue weighted by Gasteiger charge is 2.16. The molecule has 1 saturated heterocycles. The van der Waals surface area contributed by atoms with Gasteiger partial charge >= 0.3 is 6.03 Å². The molecule has 4 aromatic rings. The van der Waals surface area contributed by atoms with E-state index < -0.39 is 6.03 Å². The Bertz CT molecular complexity index is 1660. The molecular formula is C34H33FN6O2. The lowest BCUT2D eigenvalue weighted by Crippen LogP contribution is -2.44. The van der Waals surface area contributed by atoms with Crippen molar-refractivity contribution in [2.75, 3.05) is 49.2 Å². The minimum absolute atomic E-state index is 0.334. The van der Waals surface area contributed by atoms with Gasteiger partial charge in [0, 0.05) is 72.5 Å². The van der Waals surface area contributed by atoms with Gasteiger partial charge in [0.05, 0.1) is 0 Å². The van der Waals surface area contributed by atoms with Gasteiger partial charge in [-0.05, 0) is 68.1 Å². The molecule has 0 bridgehead atoms. The van der Waals surface area contributed by atoms with E-state index in [1.165, 1.54) is 6.07 Å². The summed E-state index contributed by atoms with van der Waals surface area (Å²) in [5.74, 6) is 5.87. The Balaban J connectivity index is 1.19. The number of amides is 3. The molecule has 3 aromatic carbocycles. The van der Waals surface area contributed by atoms with E-state index in [1.54, 1.807) is 54.7 Å². The van der Waals surface area contributed by atoms with Gasteiger partial charge < -0.3 is 15.5 Å². The highest BCUT2D eigenvalue weighted by atomic mass is 19.1. The average Bonchev–Trinajstić information content (AvgIpc) is 3.00. The topological polar surface area (TPSA) is 89.6 Å². The first-order valence-corrected chi connectivity index (χ1v) is 14.0. The monoisotopic (exact) mass is 576 g/mol. The fourth-order valence-electron chi connectivity index (χ4n) is 4.58. The number of carbonyl (C=O) groups excluding carboxylic acids is 2. The zero-order chi connectivity index (χ0) is 30.2. The maximum atomic E-state index is 14.9. The third-order valence-corrected chi connectivity index (χ3v) is 7.18. The lowest BCUT2D eigenvalue weighted by atomic mass is 10.0. The number of nitrogens with zero attached hydrogens (tertiary/aromatic N) is 3. The van der Waals surface area contributed by atoms with Crippen molar-refractivity contribution < 1.29 is 14.0 Å². The fourth-order valence-corrected chi connectivity index (χ4v) is 4.58. The van der Waals surface area contributed by atoms with E-state index in [1.807, 2.05) is 31.2 Å². The quantitative estimate of drug-likeness (QED) is 0.261. The number of aromatic nitrogens is 1. The highest BCUT2D eigenvalue weighted by Crippen LogP contribution is 2.19. The van der Waals surface area contributed by atoms with E-state index in [0.29, 0.717) is 46.0 Å². The number of nitrogens with one attached hydrogen (secondary N) is 3. The Kier molecular flexibility index (Phi) is 9.42. The summed E-state index contributed by atoms with van der Waals surface area (Å²) < 4.78 is 14.9. The number of rotatable bonds is 6. The van der Waals surface area contributed by atoms with Gasteiger partial charge in [-0.15, -0.1) is 0 Å². The largest absolute Gasteiger partial charge is 0.324 e. The molecule has 43 heavy (non-hydrogen) atoms. The van der Waals surface area contributed by atoms with E-state index in [4.69, 9.17) is 0 Å². The first kappa shape index (κ1) is 29.5. The van der Waals surface area contributed by atoms with Crippen molar-refractivity contribution >= 4 is 29.1 Å². The fraction of sp³-hybridized carbons (Fsp3) is 0.206. The number of carbonyl (C=O) groups is 2.